The van der Waals surface area contributed by atoms with Gasteiger partial charge in [-0.25, -0.2) is 5.43 Å². The zero-order valence-electron chi connectivity index (χ0n) is 17.9. The predicted molar refractivity (Wildman–Crippen MR) is 125 cm³/mol. The molecule has 1 N–H and O–H groups in total. The smallest absolute Gasteiger partial charge is 0.245 e. The number of carbonyl (C=O) groups is 2. The Morgan fingerprint density at radius 3 is 2.50 bits per heavy atom. The summed E-state index contributed by atoms with van der Waals surface area (Å²) in [7, 11) is 0. The summed E-state index contributed by atoms with van der Waals surface area (Å²) in [5.41, 5.74) is 6.43. The van der Waals surface area contributed by atoms with Crippen LogP contribution in [-0.4, -0.2) is 24.6 Å². The number of carbonyl (C=O) groups excluding carboxylic acids is 2. The first kappa shape index (κ1) is 21.3. The predicted octanol–water partition coefficient (Wildman–Crippen LogP) is 4.08. The van der Waals surface area contributed by atoms with E-state index < -0.39 is 5.92 Å². The Hall–Kier alpha value is -3.93. The van der Waals surface area contributed by atoms with Crippen molar-refractivity contribution in [2.24, 2.45) is 11.0 Å². The second-order valence-corrected chi connectivity index (χ2v) is 7.82. The van der Waals surface area contributed by atoms with E-state index >= 15 is 0 Å². The number of hydrogen-bond donors (Lipinski definition) is 1. The molecule has 1 unspecified atom stereocenters. The highest BCUT2D eigenvalue weighted by Crippen LogP contribution is 2.25. The third-order valence-corrected chi connectivity index (χ3v) is 5.36. The summed E-state index contributed by atoms with van der Waals surface area (Å²) in [5.74, 6) is 0.0292. The molecule has 0 saturated carbocycles. The molecule has 1 aliphatic heterocycles. The van der Waals surface area contributed by atoms with E-state index in [1.807, 2.05) is 85.8 Å². The number of nitrogens with zero attached hydrogens (tertiary/aromatic N) is 2. The molecule has 0 spiro atoms. The average molecular weight is 428 g/mol. The molecular weight excluding hydrogens is 402 g/mol. The van der Waals surface area contributed by atoms with Gasteiger partial charge >= 0.3 is 0 Å². The van der Waals surface area contributed by atoms with E-state index in [1.54, 1.807) is 11.1 Å². The fourth-order valence-electron chi connectivity index (χ4n) is 3.51. The van der Waals surface area contributed by atoms with Crippen molar-refractivity contribution < 1.29 is 14.3 Å². The van der Waals surface area contributed by atoms with Gasteiger partial charge in [-0.3, -0.25) is 9.59 Å². The molecule has 1 saturated heterocycles. The number of aryl methyl sites for hydroxylation is 1. The van der Waals surface area contributed by atoms with Gasteiger partial charge in [0.25, 0.3) is 0 Å². The number of amides is 2. The summed E-state index contributed by atoms with van der Waals surface area (Å²) in [4.78, 5) is 26.5. The molecule has 3 aromatic rings. The van der Waals surface area contributed by atoms with Crippen molar-refractivity contribution in [3.8, 4) is 5.75 Å². The zero-order chi connectivity index (χ0) is 22.3. The summed E-state index contributed by atoms with van der Waals surface area (Å²) in [5, 5.41) is 4.05. The van der Waals surface area contributed by atoms with Crippen LogP contribution in [0, 0.1) is 12.8 Å². The number of rotatable bonds is 7. The van der Waals surface area contributed by atoms with E-state index in [2.05, 4.69) is 10.5 Å². The fourth-order valence-corrected chi connectivity index (χ4v) is 3.51. The molecule has 3 aromatic carbocycles. The van der Waals surface area contributed by atoms with Gasteiger partial charge < -0.3 is 9.64 Å². The van der Waals surface area contributed by atoms with Gasteiger partial charge in [0.15, 0.2) is 0 Å². The van der Waals surface area contributed by atoms with E-state index in [-0.39, 0.29) is 18.2 Å². The quantitative estimate of drug-likeness (QED) is 0.456. The minimum atomic E-state index is -0.422. The Morgan fingerprint density at radius 2 is 1.78 bits per heavy atom. The van der Waals surface area contributed by atoms with E-state index in [0.717, 1.165) is 28.1 Å². The van der Waals surface area contributed by atoms with Crippen molar-refractivity contribution in [2.75, 3.05) is 11.4 Å². The van der Waals surface area contributed by atoms with E-state index in [9.17, 15) is 9.59 Å². The first-order chi connectivity index (χ1) is 15.6. The van der Waals surface area contributed by atoms with Crippen LogP contribution in [0.25, 0.3) is 0 Å². The minimum Gasteiger partial charge on any atom is -0.489 e. The van der Waals surface area contributed by atoms with Gasteiger partial charge in [0.2, 0.25) is 11.8 Å². The molecule has 1 aliphatic rings. The van der Waals surface area contributed by atoms with Crippen LogP contribution in [-0.2, 0) is 16.2 Å². The molecule has 6 heteroatoms. The molecule has 32 heavy (non-hydrogen) atoms. The summed E-state index contributed by atoms with van der Waals surface area (Å²) in [6.45, 7) is 2.86. The number of hydrogen-bond acceptors (Lipinski definition) is 4. The lowest BCUT2D eigenvalue weighted by Gasteiger charge is -2.16. The van der Waals surface area contributed by atoms with Gasteiger partial charge in [0.1, 0.15) is 12.4 Å². The van der Waals surface area contributed by atoms with Gasteiger partial charge in [-0.15, -0.1) is 0 Å². The molecule has 1 heterocycles. The maximum atomic E-state index is 12.5. The number of benzene rings is 3. The van der Waals surface area contributed by atoms with Crippen molar-refractivity contribution in [3.63, 3.8) is 0 Å². The van der Waals surface area contributed by atoms with Crippen LogP contribution in [0.3, 0.4) is 0 Å². The van der Waals surface area contributed by atoms with Crippen LogP contribution in [0.4, 0.5) is 5.69 Å². The number of nitrogens with one attached hydrogen (secondary N) is 1. The van der Waals surface area contributed by atoms with Crippen LogP contribution in [0.5, 0.6) is 5.75 Å². The highest BCUT2D eigenvalue weighted by Gasteiger charge is 2.35. The average Bonchev–Trinajstić information content (AvgIpc) is 3.21. The van der Waals surface area contributed by atoms with E-state index in [1.165, 1.54) is 0 Å². The zero-order valence-corrected chi connectivity index (χ0v) is 17.9. The van der Waals surface area contributed by atoms with Crippen molar-refractivity contribution >= 4 is 23.7 Å². The number of ether oxygens (including phenoxy) is 1. The molecule has 162 valence electrons. The Morgan fingerprint density at radius 1 is 1.06 bits per heavy atom. The van der Waals surface area contributed by atoms with Gasteiger partial charge in [0, 0.05) is 18.7 Å². The second kappa shape index (κ2) is 9.92. The van der Waals surface area contributed by atoms with E-state index in [4.69, 9.17) is 4.74 Å². The fraction of sp³-hybridized carbons (Fsp3) is 0.192. The van der Waals surface area contributed by atoms with Crippen LogP contribution < -0.4 is 15.1 Å². The Labute approximate surface area is 187 Å². The SMILES string of the molecule is Cc1ccc(N2CC(C(=O)N/N=C/c3ccc(OCc4ccccc4)cc3)CC2=O)cc1. The van der Waals surface area contributed by atoms with Crippen LogP contribution in [0.2, 0.25) is 0 Å². The third-order valence-electron chi connectivity index (χ3n) is 5.36. The lowest BCUT2D eigenvalue weighted by molar-refractivity contribution is -0.126. The first-order valence-corrected chi connectivity index (χ1v) is 10.6. The highest BCUT2D eigenvalue weighted by molar-refractivity contribution is 6.00. The second-order valence-electron chi connectivity index (χ2n) is 7.82. The van der Waals surface area contributed by atoms with Crippen molar-refractivity contribution in [2.45, 2.75) is 20.0 Å². The first-order valence-electron chi connectivity index (χ1n) is 10.6. The van der Waals surface area contributed by atoms with Gasteiger partial charge in [-0.2, -0.15) is 5.10 Å². The molecular formula is C26H25N3O3. The van der Waals surface area contributed by atoms with E-state index in [0.29, 0.717) is 13.2 Å². The third kappa shape index (κ3) is 5.40. The topological polar surface area (TPSA) is 71.0 Å². The minimum absolute atomic E-state index is 0.0518. The summed E-state index contributed by atoms with van der Waals surface area (Å²) >= 11 is 0. The van der Waals surface area contributed by atoms with Gasteiger partial charge in [-0.1, -0.05) is 48.0 Å². The largest absolute Gasteiger partial charge is 0.489 e. The van der Waals surface area contributed by atoms with Crippen molar-refractivity contribution in [1.29, 1.82) is 0 Å². The Kier molecular flexibility index (Phi) is 6.60. The lowest BCUT2D eigenvalue weighted by Crippen LogP contribution is -2.30. The van der Waals surface area contributed by atoms with Crippen LogP contribution >= 0.6 is 0 Å². The standard InChI is InChI=1S/C26H25N3O3/c1-19-7-11-23(12-8-19)29-17-22(15-25(29)30)26(31)28-27-16-20-9-13-24(14-10-20)32-18-21-5-3-2-4-6-21/h2-14,16,22H,15,17-18H2,1H3,(H,28,31)/b27-16+. The molecule has 0 radical (unpaired) electrons. The molecule has 0 bridgehead atoms. The normalized spacial score (nSPS) is 15.8. The monoisotopic (exact) mass is 427 g/mol. The van der Waals surface area contributed by atoms with Crippen LogP contribution in [0.15, 0.2) is 84.0 Å². The molecule has 1 atom stereocenters. The maximum absolute atomic E-state index is 12.5. The number of hydrazone groups is 1. The van der Waals surface area contributed by atoms with Gasteiger partial charge in [-0.05, 0) is 54.4 Å². The summed E-state index contributed by atoms with van der Waals surface area (Å²) in [6.07, 6.45) is 1.76. The molecule has 2 amide bonds. The number of anilines is 1. The van der Waals surface area contributed by atoms with Crippen LogP contribution in [0.1, 0.15) is 23.1 Å². The molecule has 6 nitrogen and oxygen atoms in total. The van der Waals surface area contributed by atoms with Crippen molar-refractivity contribution in [3.05, 3.63) is 95.6 Å². The molecule has 0 aliphatic carbocycles. The Balaban J connectivity index is 1.27. The molecule has 0 aromatic heterocycles. The molecule has 4 rings (SSSR count). The lowest BCUT2D eigenvalue weighted by atomic mass is 10.1. The summed E-state index contributed by atoms with van der Waals surface area (Å²) < 4.78 is 5.77. The highest BCUT2D eigenvalue weighted by atomic mass is 16.5. The van der Waals surface area contributed by atoms with Crippen molar-refractivity contribution in [1.82, 2.24) is 5.43 Å². The maximum Gasteiger partial charge on any atom is 0.245 e. The van der Waals surface area contributed by atoms with Gasteiger partial charge in [0.05, 0.1) is 12.1 Å². The molecule has 1 fully saturated rings. The summed E-state index contributed by atoms with van der Waals surface area (Å²) in [6, 6.07) is 25.1. The Bertz CT molecular complexity index is 1090.